The maximum absolute atomic E-state index is 12.8. The van der Waals surface area contributed by atoms with Gasteiger partial charge in [0.25, 0.3) is 0 Å². The topological polar surface area (TPSA) is 12.4 Å². The molecule has 1 aliphatic rings. The lowest BCUT2D eigenvalue weighted by Crippen LogP contribution is -2.06. The fraction of sp³-hybridized carbons (Fsp3) is 0.364. The van der Waals surface area contributed by atoms with Crippen LogP contribution in [0.25, 0.3) is 0 Å². The van der Waals surface area contributed by atoms with Crippen molar-refractivity contribution in [1.29, 1.82) is 0 Å². The Kier molecular flexibility index (Phi) is 1.91. The van der Waals surface area contributed by atoms with E-state index in [0.717, 1.165) is 23.4 Å². The highest BCUT2D eigenvalue weighted by atomic mass is 19.1. The molecule has 0 radical (unpaired) electrons. The second-order valence-corrected chi connectivity index (χ2v) is 3.71. The predicted octanol–water partition coefficient (Wildman–Crippen LogP) is 3.11. The second-order valence-electron chi connectivity index (χ2n) is 3.71. The summed E-state index contributed by atoms with van der Waals surface area (Å²) in [6.45, 7) is 4.22. The van der Waals surface area contributed by atoms with Crippen LogP contribution in [-0.4, -0.2) is 5.71 Å². The minimum atomic E-state index is -0.201. The molecular formula is C11H12FN. The Labute approximate surface area is 77.3 Å². The number of hydrogen-bond donors (Lipinski definition) is 0. The second kappa shape index (κ2) is 2.95. The van der Waals surface area contributed by atoms with Gasteiger partial charge in [0.15, 0.2) is 0 Å². The van der Waals surface area contributed by atoms with Crippen molar-refractivity contribution in [1.82, 2.24) is 0 Å². The molecule has 0 N–H and O–H groups in total. The van der Waals surface area contributed by atoms with Gasteiger partial charge < -0.3 is 0 Å². The SMILES string of the molecule is CC(C)C1=Nc2cc(F)ccc2C1. The fourth-order valence-corrected chi connectivity index (χ4v) is 1.51. The summed E-state index contributed by atoms with van der Waals surface area (Å²) in [5.41, 5.74) is 3.11. The fourth-order valence-electron chi connectivity index (χ4n) is 1.51. The largest absolute Gasteiger partial charge is 0.257 e. The van der Waals surface area contributed by atoms with E-state index in [2.05, 4.69) is 18.8 Å². The molecule has 0 aromatic heterocycles. The van der Waals surface area contributed by atoms with Crippen LogP contribution >= 0.6 is 0 Å². The summed E-state index contributed by atoms with van der Waals surface area (Å²) < 4.78 is 12.8. The number of aliphatic imine (C=N–C) groups is 1. The summed E-state index contributed by atoms with van der Waals surface area (Å²) >= 11 is 0. The molecular weight excluding hydrogens is 165 g/mol. The number of rotatable bonds is 1. The normalized spacial score (nSPS) is 14.6. The molecule has 0 bridgehead atoms. The average molecular weight is 177 g/mol. The highest BCUT2D eigenvalue weighted by Gasteiger charge is 2.16. The lowest BCUT2D eigenvalue weighted by Gasteiger charge is -2.01. The van der Waals surface area contributed by atoms with E-state index in [4.69, 9.17) is 0 Å². The van der Waals surface area contributed by atoms with Gasteiger partial charge in [-0.05, 0) is 23.6 Å². The number of nitrogens with zero attached hydrogens (tertiary/aromatic N) is 1. The molecule has 2 heteroatoms. The van der Waals surface area contributed by atoms with Crippen molar-refractivity contribution in [2.75, 3.05) is 0 Å². The molecule has 1 aliphatic heterocycles. The minimum absolute atomic E-state index is 0.201. The average Bonchev–Trinajstić information content (AvgIpc) is 2.46. The molecule has 1 aromatic carbocycles. The Morgan fingerprint density at radius 2 is 2.15 bits per heavy atom. The van der Waals surface area contributed by atoms with Crippen molar-refractivity contribution in [3.63, 3.8) is 0 Å². The van der Waals surface area contributed by atoms with Crippen LogP contribution in [0.5, 0.6) is 0 Å². The standard InChI is InChI=1S/C11H12FN/c1-7(2)10-5-8-3-4-9(12)6-11(8)13-10/h3-4,6-7H,5H2,1-2H3. The van der Waals surface area contributed by atoms with Crippen LogP contribution in [0.15, 0.2) is 23.2 Å². The highest BCUT2D eigenvalue weighted by Crippen LogP contribution is 2.29. The smallest absolute Gasteiger partial charge is 0.125 e. The van der Waals surface area contributed by atoms with Crippen LogP contribution in [0.3, 0.4) is 0 Å². The molecule has 2 rings (SSSR count). The van der Waals surface area contributed by atoms with Crippen LogP contribution in [0.1, 0.15) is 19.4 Å². The van der Waals surface area contributed by atoms with Gasteiger partial charge in [0.2, 0.25) is 0 Å². The first-order chi connectivity index (χ1) is 6.16. The monoisotopic (exact) mass is 177 g/mol. The quantitative estimate of drug-likeness (QED) is 0.625. The zero-order valence-corrected chi connectivity index (χ0v) is 7.84. The molecule has 1 heterocycles. The van der Waals surface area contributed by atoms with Crippen molar-refractivity contribution in [3.05, 3.63) is 29.6 Å². The van der Waals surface area contributed by atoms with E-state index in [1.165, 1.54) is 12.1 Å². The van der Waals surface area contributed by atoms with E-state index in [1.807, 2.05) is 6.07 Å². The first-order valence-electron chi connectivity index (χ1n) is 4.52. The van der Waals surface area contributed by atoms with E-state index in [-0.39, 0.29) is 5.82 Å². The summed E-state index contributed by atoms with van der Waals surface area (Å²) in [4.78, 5) is 4.39. The minimum Gasteiger partial charge on any atom is -0.257 e. The van der Waals surface area contributed by atoms with Gasteiger partial charge in [0.1, 0.15) is 5.82 Å². The molecule has 0 atom stereocenters. The lowest BCUT2D eigenvalue weighted by atomic mass is 10.0. The number of benzene rings is 1. The summed E-state index contributed by atoms with van der Waals surface area (Å²) in [6, 6.07) is 4.83. The highest BCUT2D eigenvalue weighted by molar-refractivity contribution is 5.95. The summed E-state index contributed by atoms with van der Waals surface area (Å²) in [5, 5.41) is 0. The molecule has 0 amide bonds. The Morgan fingerprint density at radius 1 is 1.38 bits per heavy atom. The first kappa shape index (κ1) is 8.42. The van der Waals surface area contributed by atoms with Gasteiger partial charge in [-0.2, -0.15) is 0 Å². The number of halogens is 1. The van der Waals surface area contributed by atoms with Crippen molar-refractivity contribution in [2.45, 2.75) is 20.3 Å². The maximum atomic E-state index is 12.8. The Morgan fingerprint density at radius 3 is 2.85 bits per heavy atom. The van der Waals surface area contributed by atoms with Gasteiger partial charge in [-0.15, -0.1) is 0 Å². The van der Waals surface area contributed by atoms with Crippen molar-refractivity contribution in [2.24, 2.45) is 10.9 Å². The zero-order valence-electron chi connectivity index (χ0n) is 7.84. The zero-order chi connectivity index (χ0) is 9.42. The van der Waals surface area contributed by atoms with Gasteiger partial charge in [-0.1, -0.05) is 19.9 Å². The molecule has 1 nitrogen and oxygen atoms in total. The third-order valence-electron chi connectivity index (χ3n) is 2.35. The molecule has 0 saturated heterocycles. The molecule has 68 valence electrons. The van der Waals surface area contributed by atoms with Crippen LogP contribution in [0.2, 0.25) is 0 Å². The third-order valence-corrected chi connectivity index (χ3v) is 2.35. The summed E-state index contributed by atoms with van der Waals surface area (Å²) in [6.07, 6.45) is 0.882. The Balaban J connectivity index is 2.38. The molecule has 13 heavy (non-hydrogen) atoms. The van der Waals surface area contributed by atoms with Crippen LogP contribution < -0.4 is 0 Å². The van der Waals surface area contributed by atoms with E-state index < -0.39 is 0 Å². The molecule has 0 saturated carbocycles. The number of fused-ring (bicyclic) bond motifs is 1. The van der Waals surface area contributed by atoms with Crippen molar-refractivity contribution in [3.8, 4) is 0 Å². The third kappa shape index (κ3) is 1.48. The van der Waals surface area contributed by atoms with E-state index >= 15 is 0 Å². The van der Waals surface area contributed by atoms with Gasteiger partial charge in [0.05, 0.1) is 5.69 Å². The van der Waals surface area contributed by atoms with Crippen molar-refractivity contribution >= 4 is 11.4 Å². The number of hydrogen-bond acceptors (Lipinski definition) is 1. The molecule has 0 fully saturated rings. The van der Waals surface area contributed by atoms with Gasteiger partial charge >= 0.3 is 0 Å². The summed E-state index contributed by atoms with van der Waals surface area (Å²) in [7, 11) is 0. The van der Waals surface area contributed by atoms with Gasteiger partial charge in [0, 0.05) is 12.1 Å². The predicted molar refractivity (Wildman–Crippen MR) is 52.0 cm³/mol. The molecule has 0 unspecified atom stereocenters. The van der Waals surface area contributed by atoms with Crippen molar-refractivity contribution < 1.29 is 4.39 Å². The van der Waals surface area contributed by atoms with Gasteiger partial charge in [-0.25, -0.2) is 4.39 Å². The summed E-state index contributed by atoms with van der Waals surface area (Å²) in [5.74, 6) is 0.253. The first-order valence-corrected chi connectivity index (χ1v) is 4.52. The van der Waals surface area contributed by atoms with Gasteiger partial charge in [-0.3, -0.25) is 4.99 Å². The Bertz CT molecular complexity index is 366. The molecule has 1 aromatic rings. The van der Waals surface area contributed by atoms with Crippen LogP contribution in [0, 0.1) is 11.7 Å². The molecule has 0 aliphatic carbocycles. The van der Waals surface area contributed by atoms with Crippen LogP contribution in [0.4, 0.5) is 10.1 Å². The molecule has 0 spiro atoms. The lowest BCUT2D eigenvalue weighted by molar-refractivity contribution is 0.628. The van der Waals surface area contributed by atoms with E-state index in [0.29, 0.717) is 5.92 Å². The van der Waals surface area contributed by atoms with Crippen LogP contribution in [-0.2, 0) is 6.42 Å². The van der Waals surface area contributed by atoms with E-state index in [1.54, 1.807) is 0 Å². The maximum Gasteiger partial charge on any atom is 0.125 e. The Hall–Kier alpha value is -1.18. The van der Waals surface area contributed by atoms with E-state index in [9.17, 15) is 4.39 Å².